The summed E-state index contributed by atoms with van der Waals surface area (Å²) in [5, 5.41) is 12.3. The smallest absolute Gasteiger partial charge is 0.267 e. The van der Waals surface area contributed by atoms with Crippen LogP contribution < -0.4 is 31.7 Å². The standard InChI is InChI=1S/C29H25N5O4S/c35-26-24(25(27(26)36)34-12-14-38-15-13-34)32-19-5-7-20(8-6-19)33-29(37)28-23(10-16-39-28)31-17-18-9-11-30-22-4-2-1-3-21(18)22/h1-11,16,31-32H,12-15,17H2,(H,33,37). The van der Waals surface area contributed by atoms with E-state index in [2.05, 4.69) is 20.9 Å². The molecule has 5 aromatic rings. The van der Waals surface area contributed by atoms with Gasteiger partial charge in [0.1, 0.15) is 16.3 Å². The second-order valence-electron chi connectivity index (χ2n) is 9.14. The molecule has 1 saturated heterocycles. The average molecular weight is 540 g/mol. The van der Waals surface area contributed by atoms with Gasteiger partial charge in [0.05, 0.1) is 24.4 Å². The number of pyridine rings is 1. The van der Waals surface area contributed by atoms with E-state index >= 15 is 0 Å². The van der Waals surface area contributed by atoms with Crippen LogP contribution in [0.4, 0.5) is 28.4 Å². The van der Waals surface area contributed by atoms with Gasteiger partial charge in [-0.1, -0.05) is 18.2 Å². The van der Waals surface area contributed by atoms with Gasteiger partial charge in [0, 0.05) is 42.6 Å². The lowest BCUT2D eigenvalue weighted by Gasteiger charge is -2.30. The van der Waals surface area contributed by atoms with Crippen molar-refractivity contribution in [3.8, 4) is 0 Å². The van der Waals surface area contributed by atoms with Gasteiger partial charge in [-0.05, 0) is 53.4 Å². The summed E-state index contributed by atoms with van der Waals surface area (Å²) in [6.07, 6.45) is 1.79. The fraction of sp³-hybridized carbons (Fsp3) is 0.172. The van der Waals surface area contributed by atoms with Crippen LogP contribution in [0.15, 0.2) is 81.8 Å². The highest BCUT2D eigenvalue weighted by Crippen LogP contribution is 2.28. The quantitative estimate of drug-likeness (QED) is 0.250. The monoisotopic (exact) mass is 539 g/mol. The third-order valence-corrected chi connectivity index (χ3v) is 7.62. The molecule has 9 nitrogen and oxygen atoms in total. The lowest BCUT2D eigenvalue weighted by Crippen LogP contribution is -2.46. The van der Waals surface area contributed by atoms with Gasteiger partial charge in [0.2, 0.25) is 0 Å². The Morgan fingerprint density at radius 2 is 1.72 bits per heavy atom. The van der Waals surface area contributed by atoms with Gasteiger partial charge >= 0.3 is 0 Å². The molecular weight excluding hydrogens is 514 g/mol. The number of ether oxygens (including phenoxy) is 1. The predicted octanol–water partition coefficient (Wildman–Crippen LogP) is 4.34. The Kier molecular flexibility index (Phi) is 6.78. The maximum absolute atomic E-state index is 13.1. The van der Waals surface area contributed by atoms with Crippen molar-refractivity contribution in [3.63, 3.8) is 0 Å². The van der Waals surface area contributed by atoms with Crippen molar-refractivity contribution in [2.24, 2.45) is 0 Å². The Morgan fingerprint density at radius 3 is 2.54 bits per heavy atom. The number of carbonyl (C=O) groups is 1. The number of anilines is 5. The molecule has 0 spiro atoms. The lowest BCUT2D eigenvalue weighted by molar-refractivity contribution is 0.103. The largest absolute Gasteiger partial charge is 0.380 e. The first kappa shape index (κ1) is 24.8. The molecule has 0 bridgehead atoms. The molecule has 3 N–H and O–H groups in total. The fourth-order valence-corrected chi connectivity index (χ4v) is 5.44. The fourth-order valence-electron chi connectivity index (χ4n) is 4.68. The summed E-state index contributed by atoms with van der Waals surface area (Å²) in [4.78, 5) is 44.3. The molecule has 1 aliphatic heterocycles. The first-order valence-corrected chi connectivity index (χ1v) is 13.4. The number of para-hydroxylation sites is 1. The van der Waals surface area contributed by atoms with E-state index in [9.17, 15) is 14.4 Å². The minimum atomic E-state index is -0.522. The molecule has 0 unspecified atom stereocenters. The van der Waals surface area contributed by atoms with Crippen LogP contribution in [0.5, 0.6) is 0 Å². The van der Waals surface area contributed by atoms with Crippen molar-refractivity contribution >= 4 is 56.6 Å². The third-order valence-electron chi connectivity index (χ3n) is 6.70. The van der Waals surface area contributed by atoms with Crippen LogP contribution in [0.2, 0.25) is 0 Å². The zero-order valence-electron chi connectivity index (χ0n) is 20.9. The molecule has 10 heteroatoms. The first-order valence-electron chi connectivity index (χ1n) is 12.6. The maximum atomic E-state index is 13.1. The molecule has 2 aromatic heterocycles. The van der Waals surface area contributed by atoms with Gasteiger partial charge < -0.3 is 25.6 Å². The minimum Gasteiger partial charge on any atom is -0.380 e. The number of hydrogen-bond acceptors (Lipinski definition) is 9. The van der Waals surface area contributed by atoms with E-state index in [0.29, 0.717) is 60.5 Å². The number of benzene rings is 2. The van der Waals surface area contributed by atoms with Gasteiger partial charge in [-0.3, -0.25) is 19.4 Å². The third kappa shape index (κ3) is 4.99. The van der Waals surface area contributed by atoms with E-state index < -0.39 is 10.9 Å². The number of hydrogen-bond donors (Lipinski definition) is 3. The van der Waals surface area contributed by atoms with Crippen LogP contribution in [0.1, 0.15) is 15.2 Å². The number of fused-ring (bicyclic) bond motifs is 1. The number of morpholine rings is 1. The number of nitrogens with zero attached hydrogens (tertiary/aromatic N) is 2. The zero-order valence-corrected chi connectivity index (χ0v) is 21.7. The Balaban J connectivity index is 1.11. The van der Waals surface area contributed by atoms with E-state index in [-0.39, 0.29) is 5.91 Å². The van der Waals surface area contributed by atoms with Gasteiger partial charge in [-0.15, -0.1) is 11.3 Å². The van der Waals surface area contributed by atoms with Crippen molar-refractivity contribution in [2.75, 3.05) is 47.2 Å². The van der Waals surface area contributed by atoms with E-state index in [1.165, 1.54) is 11.3 Å². The van der Waals surface area contributed by atoms with E-state index in [1.807, 2.05) is 46.7 Å². The molecule has 1 fully saturated rings. The normalized spacial score (nSPS) is 13.5. The second kappa shape index (κ2) is 10.7. The number of amides is 1. The Morgan fingerprint density at radius 1 is 0.949 bits per heavy atom. The van der Waals surface area contributed by atoms with Crippen LogP contribution >= 0.6 is 11.3 Å². The zero-order chi connectivity index (χ0) is 26.8. The summed E-state index contributed by atoms with van der Waals surface area (Å²) in [5.41, 5.74) is 3.77. The van der Waals surface area contributed by atoms with Crippen molar-refractivity contribution in [3.05, 3.63) is 103 Å². The number of nitrogens with one attached hydrogen (secondary N) is 3. The van der Waals surface area contributed by atoms with E-state index in [0.717, 1.165) is 22.2 Å². The van der Waals surface area contributed by atoms with E-state index in [1.54, 1.807) is 30.5 Å². The highest BCUT2D eigenvalue weighted by molar-refractivity contribution is 7.12. The minimum absolute atomic E-state index is 0.218. The van der Waals surface area contributed by atoms with Crippen molar-refractivity contribution < 1.29 is 9.53 Å². The number of carbonyl (C=O) groups excluding carboxylic acids is 1. The second-order valence-corrected chi connectivity index (χ2v) is 10.1. The van der Waals surface area contributed by atoms with Crippen LogP contribution in [-0.2, 0) is 11.3 Å². The van der Waals surface area contributed by atoms with Crippen LogP contribution in [0.25, 0.3) is 10.9 Å². The number of thiophene rings is 1. The van der Waals surface area contributed by atoms with E-state index in [4.69, 9.17) is 4.74 Å². The topological polar surface area (TPSA) is 113 Å². The highest BCUT2D eigenvalue weighted by Gasteiger charge is 2.27. The number of aromatic nitrogens is 1. The average Bonchev–Trinajstić information content (AvgIpc) is 3.46. The molecule has 0 aliphatic carbocycles. The van der Waals surface area contributed by atoms with Gasteiger partial charge in [0.15, 0.2) is 0 Å². The maximum Gasteiger partial charge on any atom is 0.267 e. The lowest BCUT2D eigenvalue weighted by atomic mass is 10.1. The predicted molar refractivity (Wildman–Crippen MR) is 155 cm³/mol. The first-order chi connectivity index (χ1) is 19.1. The summed E-state index contributed by atoms with van der Waals surface area (Å²) in [6.45, 7) is 2.75. The summed E-state index contributed by atoms with van der Waals surface area (Å²) in [6, 6.07) is 18.9. The van der Waals surface area contributed by atoms with Gasteiger partial charge in [-0.25, -0.2) is 0 Å². The molecule has 3 aromatic carbocycles. The van der Waals surface area contributed by atoms with Crippen molar-refractivity contribution in [1.82, 2.24) is 4.98 Å². The molecule has 1 amide bonds. The summed E-state index contributed by atoms with van der Waals surface area (Å²) in [7, 11) is 0. The molecule has 0 saturated carbocycles. The molecule has 1 aliphatic rings. The Labute approximate surface area is 227 Å². The van der Waals surface area contributed by atoms with Crippen LogP contribution in [0, 0.1) is 0 Å². The molecule has 0 atom stereocenters. The van der Waals surface area contributed by atoms with Crippen molar-refractivity contribution in [1.29, 1.82) is 0 Å². The van der Waals surface area contributed by atoms with Crippen LogP contribution in [-0.4, -0.2) is 37.2 Å². The van der Waals surface area contributed by atoms with Gasteiger partial charge in [-0.2, -0.15) is 0 Å². The molecule has 39 heavy (non-hydrogen) atoms. The Hall–Kier alpha value is -4.54. The highest BCUT2D eigenvalue weighted by atomic mass is 32.1. The SMILES string of the molecule is O=C(Nc1ccc(Nc2c(N3CCOCC3)c(=O)c2=O)cc1)c1sccc1NCc1ccnc2ccccc12. The molecule has 3 heterocycles. The summed E-state index contributed by atoms with van der Waals surface area (Å²) >= 11 is 1.36. The molecule has 0 radical (unpaired) electrons. The Bertz CT molecular complexity index is 1710. The molecule has 196 valence electrons. The van der Waals surface area contributed by atoms with Crippen molar-refractivity contribution in [2.45, 2.75) is 6.54 Å². The van der Waals surface area contributed by atoms with Crippen LogP contribution in [0.3, 0.4) is 0 Å². The summed E-state index contributed by atoms with van der Waals surface area (Å²) < 4.78 is 5.34. The van der Waals surface area contributed by atoms with Gasteiger partial charge in [0.25, 0.3) is 16.8 Å². The summed E-state index contributed by atoms with van der Waals surface area (Å²) in [5.74, 6) is -0.218. The number of rotatable bonds is 8. The molecule has 6 rings (SSSR count). The molecular formula is C29H25N5O4S.